The van der Waals surface area contributed by atoms with E-state index in [0.717, 1.165) is 11.5 Å². The number of thioether (sulfide) groups is 1. The SMILES string of the molecule is Cc1nc(SCC2=NNC(=O)c3ccccc3O2)oc1C. The predicted octanol–water partition coefficient (Wildman–Crippen LogP) is 2.52. The van der Waals surface area contributed by atoms with E-state index in [-0.39, 0.29) is 5.91 Å². The van der Waals surface area contributed by atoms with Crippen molar-refractivity contribution in [2.75, 3.05) is 5.75 Å². The third-order valence-corrected chi connectivity index (χ3v) is 3.78. The van der Waals surface area contributed by atoms with E-state index < -0.39 is 0 Å². The summed E-state index contributed by atoms with van der Waals surface area (Å²) in [6, 6.07) is 7.01. The Morgan fingerprint density at radius 3 is 2.86 bits per heavy atom. The number of oxazole rings is 1. The van der Waals surface area contributed by atoms with E-state index in [9.17, 15) is 4.79 Å². The number of hydrogen-bond acceptors (Lipinski definition) is 6. The van der Waals surface area contributed by atoms with Gasteiger partial charge in [-0.15, -0.1) is 5.10 Å². The molecule has 1 aliphatic heterocycles. The summed E-state index contributed by atoms with van der Waals surface area (Å²) in [4.78, 5) is 16.1. The molecular formula is C14H13N3O3S. The molecule has 2 heterocycles. The number of benzene rings is 1. The summed E-state index contributed by atoms with van der Waals surface area (Å²) in [5, 5.41) is 4.52. The van der Waals surface area contributed by atoms with Crippen LogP contribution < -0.4 is 10.2 Å². The minimum atomic E-state index is -0.284. The van der Waals surface area contributed by atoms with Gasteiger partial charge in [0.25, 0.3) is 11.1 Å². The van der Waals surface area contributed by atoms with E-state index in [1.165, 1.54) is 11.8 Å². The number of carbonyl (C=O) groups is 1. The average Bonchev–Trinajstić information content (AvgIpc) is 2.71. The van der Waals surface area contributed by atoms with Gasteiger partial charge >= 0.3 is 0 Å². The van der Waals surface area contributed by atoms with E-state index >= 15 is 0 Å². The van der Waals surface area contributed by atoms with Gasteiger partial charge in [-0.2, -0.15) is 0 Å². The van der Waals surface area contributed by atoms with Gasteiger partial charge in [-0.25, -0.2) is 10.4 Å². The van der Waals surface area contributed by atoms with Crippen LogP contribution in [-0.4, -0.2) is 22.5 Å². The van der Waals surface area contributed by atoms with Crippen LogP contribution in [-0.2, 0) is 0 Å². The maximum Gasteiger partial charge on any atom is 0.275 e. The first-order valence-corrected chi connectivity index (χ1v) is 7.32. The second kappa shape index (κ2) is 5.61. The predicted molar refractivity (Wildman–Crippen MR) is 78.7 cm³/mol. The van der Waals surface area contributed by atoms with Gasteiger partial charge in [0.2, 0.25) is 5.90 Å². The van der Waals surface area contributed by atoms with Crippen molar-refractivity contribution in [3.8, 4) is 5.75 Å². The second-order valence-corrected chi connectivity index (χ2v) is 5.38. The highest BCUT2D eigenvalue weighted by atomic mass is 32.2. The summed E-state index contributed by atoms with van der Waals surface area (Å²) in [6.45, 7) is 3.75. The van der Waals surface area contributed by atoms with Crippen LogP contribution in [0.2, 0.25) is 0 Å². The van der Waals surface area contributed by atoms with Crippen LogP contribution in [0, 0.1) is 13.8 Å². The zero-order valence-electron chi connectivity index (χ0n) is 11.5. The van der Waals surface area contributed by atoms with E-state index in [1.807, 2.05) is 19.9 Å². The second-order valence-electron chi connectivity index (χ2n) is 4.45. The molecule has 1 N–H and O–H groups in total. The number of para-hydroxylation sites is 1. The standard InChI is InChI=1S/C14H13N3O3S/c1-8-9(2)19-14(15-8)21-7-12-16-17-13(18)10-5-3-4-6-11(10)20-12/h3-6H,7H2,1-2H3,(H,17,18). The Kier molecular flexibility index (Phi) is 3.66. The molecule has 0 unspecified atom stereocenters. The molecule has 0 radical (unpaired) electrons. The van der Waals surface area contributed by atoms with Gasteiger partial charge in [-0.3, -0.25) is 4.79 Å². The summed E-state index contributed by atoms with van der Waals surface area (Å²) in [5.41, 5.74) is 3.79. The van der Waals surface area contributed by atoms with Crippen molar-refractivity contribution >= 4 is 23.6 Å². The molecule has 0 saturated carbocycles. The molecule has 108 valence electrons. The van der Waals surface area contributed by atoms with Gasteiger partial charge in [-0.05, 0) is 26.0 Å². The lowest BCUT2D eigenvalue weighted by Crippen LogP contribution is -2.18. The number of aromatic nitrogens is 1. The minimum absolute atomic E-state index is 0.284. The lowest BCUT2D eigenvalue weighted by atomic mass is 10.2. The van der Waals surface area contributed by atoms with Crippen molar-refractivity contribution in [2.45, 2.75) is 19.1 Å². The Balaban J connectivity index is 1.73. The summed E-state index contributed by atoms with van der Waals surface area (Å²) in [6.07, 6.45) is 0. The maximum absolute atomic E-state index is 11.8. The van der Waals surface area contributed by atoms with Gasteiger partial charge in [0.15, 0.2) is 0 Å². The maximum atomic E-state index is 11.8. The van der Waals surface area contributed by atoms with Crippen LogP contribution in [0.3, 0.4) is 0 Å². The number of aryl methyl sites for hydroxylation is 2. The minimum Gasteiger partial charge on any atom is -0.440 e. The Bertz CT molecular complexity index is 705. The molecule has 0 atom stereocenters. The molecule has 6 nitrogen and oxygen atoms in total. The molecule has 1 amide bonds. The third-order valence-electron chi connectivity index (χ3n) is 2.97. The van der Waals surface area contributed by atoms with E-state index in [2.05, 4.69) is 15.5 Å². The number of hydrazone groups is 1. The van der Waals surface area contributed by atoms with E-state index in [0.29, 0.717) is 28.2 Å². The van der Waals surface area contributed by atoms with E-state index in [4.69, 9.17) is 9.15 Å². The fraction of sp³-hybridized carbons (Fsp3) is 0.214. The van der Waals surface area contributed by atoms with E-state index in [1.54, 1.807) is 18.2 Å². The van der Waals surface area contributed by atoms with Crippen LogP contribution >= 0.6 is 11.8 Å². The summed E-state index contributed by atoms with van der Waals surface area (Å²) < 4.78 is 11.1. The molecule has 1 aromatic carbocycles. The Labute approximate surface area is 125 Å². The summed E-state index contributed by atoms with van der Waals surface area (Å²) >= 11 is 1.36. The number of rotatable bonds is 3. The fourth-order valence-corrected chi connectivity index (χ4v) is 2.51. The van der Waals surface area contributed by atoms with Crippen LogP contribution in [0.4, 0.5) is 0 Å². The lowest BCUT2D eigenvalue weighted by Gasteiger charge is -2.06. The number of fused-ring (bicyclic) bond motifs is 1. The first-order chi connectivity index (χ1) is 10.1. The molecule has 7 heteroatoms. The van der Waals surface area contributed by atoms with Crippen LogP contribution in [0.5, 0.6) is 5.75 Å². The number of nitrogens with one attached hydrogen (secondary N) is 1. The quantitative estimate of drug-likeness (QED) is 0.882. The molecule has 0 spiro atoms. The Morgan fingerprint density at radius 1 is 1.29 bits per heavy atom. The highest BCUT2D eigenvalue weighted by molar-refractivity contribution is 7.99. The van der Waals surface area contributed by atoms with Crippen molar-refractivity contribution in [1.82, 2.24) is 10.4 Å². The molecule has 0 aliphatic carbocycles. The van der Waals surface area contributed by atoms with Crippen LogP contribution in [0.15, 0.2) is 39.0 Å². The number of amides is 1. The van der Waals surface area contributed by atoms with Crippen molar-refractivity contribution in [3.63, 3.8) is 0 Å². The first kappa shape index (κ1) is 13.7. The van der Waals surface area contributed by atoms with Gasteiger partial charge < -0.3 is 9.15 Å². The van der Waals surface area contributed by atoms with Gasteiger partial charge in [0.1, 0.15) is 11.5 Å². The smallest absolute Gasteiger partial charge is 0.275 e. The van der Waals surface area contributed by atoms with Gasteiger partial charge in [-0.1, -0.05) is 23.9 Å². The van der Waals surface area contributed by atoms with Crippen LogP contribution in [0.1, 0.15) is 21.8 Å². The largest absolute Gasteiger partial charge is 0.440 e. The zero-order chi connectivity index (χ0) is 14.8. The fourth-order valence-electron chi connectivity index (χ4n) is 1.76. The van der Waals surface area contributed by atoms with Gasteiger partial charge in [0, 0.05) is 0 Å². The van der Waals surface area contributed by atoms with Crippen molar-refractivity contribution in [3.05, 3.63) is 41.3 Å². The molecule has 21 heavy (non-hydrogen) atoms. The Hall–Kier alpha value is -2.28. The number of nitrogens with zero attached hydrogens (tertiary/aromatic N) is 2. The van der Waals surface area contributed by atoms with Crippen LogP contribution in [0.25, 0.3) is 0 Å². The highest BCUT2D eigenvalue weighted by Gasteiger charge is 2.19. The molecule has 0 bridgehead atoms. The lowest BCUT2D eigenvalue weighted by molar-refractivity contribution is 0.0955. The van der Waals surface area contributed by atoms with Crippen molar-refractivity contribution in [1.29, 1.82) is 0 Å². The molecule has 3 rings (SSSR count). The molecule has 0 fully saturated rings. The monoisotopic (exact) mass is 303 g/mol. The Morgan fingerprint density at radius 2 is 2.10 bits per heavy atom. The molecule has 1 aliphatic rings. The zero-order valence-corrected chi connectivity index (χ0v) is 12.4. The van der Waals surface area contributed by atoms with Crippen molar-refractivity contribution < 1.29 is 13.9 Å². The number of hydrogen-bond donors (Lipinski definition) is 1. The highest BCUT2D eigenvalue weighted by Crippen LogP contribution is 2.23. The normalized spacial score (nSPS) is 13.8. The average molecular weight is 303 g/mol. The molecular weight excluding hydrogens is 290 g/mol. The molecule has 1 aromatic heterocycles. The van der Waals surface area contributed by atoms with Gasteiger partial charge in [0.05, 0.1) is 17.0 Å². The van der Waals surface area contributed by atoms with Crippen molar-refractivity contribution in [2.24, 2.45) is 5.10 Å². The third kappa shape index (κ3) is 2.92. The number of ether oxygens (including phenoxy) is 1. The topological polar surface area (TPSA) is 76.7 Å². The number of carbonyl (C=O) groups excluding carboxylic acids is 1. The molecule has 0 saturated heterocycles. The molecule has 2 aromatic rings. The summed E-state index contributed by atoms with van der Waals surface area (Å²) in [5.74, 6) is 1.81. The first-order valence-electron chi connectivity index (χ1n) is 6.34. The summed E-state index contributed by atoms with van der Waals surface area (Å²) in [7, 11) is 0.